The largest absolute Gasteiger partial charge is 0.464 e. The fourth-order valence-electron chi connectivity index (χ4n) is 2.99. The summed E-state index contributed by atoms with van der Waals surface area (Å²) >= 11 is 0. The van der Waals surface area contributed by atoms with Crippen molar-refractivity contribution in [1.29, 1.82) is 0 Å². The number of ether oxygens (including phenoxy) is 1. The molecule has 0 bridgehead atoms. The lowest BCUT2D eigenvalue weighted by Gasteiger charge is -2.39. The molecule has 0 aromatic carbocycles. The van der Waals surface area contributed by atoms with E-state index in [0.29, 0.717) is 0 Å². The summed E-state index contributed by atoms with van der Waals surface area (Å²) in [5, 5.41) is -13.5. The quantitative estimate of drug-likeness (QED) is 0.300. The standard InChI is InChI=1S/C12H17F6N3O8S3/c1-30(23,24)19-31(25,26)11(15,16)10(13,14)12(17,18)32(27,28)21-5-3-20(4-6-21)8-2-7-29-9(8)22/h8,19H,2-7H2,1H3. The van der Waals surface area contributed by atoms with Crippen molar-refractivity contribution < 1.29 is 61.1 Å². The van der Waals surface area contributed by atoms with E-state index in [9.17, 15) is 56.4 Å². The average molecular weight is 541 g/mol. The van der Waals surface area contributed by atoms with Gasteiger partial charge in [0, 0.05) is 32.6 Å². The van der Waals surface area contributed by atoms with Gasteiger partial charge in [0.1, 0.15) is 6.04 Å². The molecule has 1 N–H and O–H groups in total. The summed E-state index contributed by atoms with van der Waals surface area (Å²) in [6.07, 6.45) is 0.171. The first-order valence-corrected chi connectivity index (χ1v) is 13.3. The molecule has 32 heavy (non-hydrogen) atoms. The van der Waals surface area contributed by atoms with Crippen LogP contribution in [-0.4, -0.2) is 102 Å². The fraction of sp³-hybridized carbons (Fsp3) is 0.917. The number of hydrogen-bond donors (Lipinski definition) is 1. The third kappa shape index (κ3) is 4.43. The zero-order valence-corrected chi connectivity index (χ0v) is 18.4. The minimum absolute atomic E-state index is 0.0345. The van der Waals surface area contributed by atoms with Gasteiger partial charge in [-0.3, -0.25) is 9.69 Å². The highest BCUT2D eigenvalue weighted by molar-refractivity contribution is 8.05. The van der Waals surface area contributed by atoms with Crippen molar-refractivity contribution in [3.8, 4) is 0 Å². The number of cyclic esters (lactones) is 1. The van der Waals surface area contributed by atoms with E-state index in [4.69, 9.17) is 4.74 Å². The van der Waals surface area contributed by atoms with Crippen LogP contribution in [0.1, 0.15) is 6.42 Å². The number of piperazine rings is 1. The Bertz CT molecular complexity index is 1070. The van der Waals surface area contributed by atoms with Gasteiger partial charge in [0.05, 0.1) is 12.9 Å². The Morgan fingerprint density at radius 3 is 1.81 bits per heavy atom. The number of hydrogen-bond acceptors (Lipinski definition) is 9. The van der Waals surface area contributed by atoms with E-state index in [0.717, 1.165) is 0 Å². The Kier molecular flexibility index (Phi) is 6.94. The zero-order valence-electron chi connectivity index (χ0n) is 16.0. The van der Waals surface area contributed by atoms with Crippen molar-refractivity contribution in [1.82, 2.24) is 13.3 Å². The lowest BCUT2D eigenvalue weighted by molar-refractivity contribution is -0.245. The molecule has 2 rings (SSSR count). The molecule has 1 atom stereocenters. The summed E-state index contributed by atoms with van der Waals surface area (Å²) in [6, 6.07) is -0.821. The van der Waals surface area contributed by atoms with Gasteiger partial charge in [-0.05, 0) is 0 Å². The lowest BCUT2D eigenvalue weighted by Crippen LogP contribution is -2.66. The topological polar surface area (TPSA) is 147 Å². The monoisotopic (exact) mass is 541 g/mol. The minimum atomic E-state index is -7.08. The molecule has 2 heterocycles. The zero-order chi connectivity index (χ0) is 25.0. The van der Waals surface area contributed by atoms with Crippen molar-refractivity contribution in [2.45, 2.75) is 28.9 Å². The third-order valence-electron chi connectivity index (χ3n) is 4.62. The van der Waals surface area contributed by atoms with Crippen molar-refractivity contribution in [2.75, 3.05) is 39.0 Å². The van der Waals surface area contributed by atoms with E-state index < -0.39 is 84.7 Å². The van der Waals surface area contributed by atoms with Gasteiger partial charge < -0.3 is 4.74 Å². The molecule has 2 fully saturated rings. The first-order chi connectivity index (χ1) is 14.2. The summed E-state index contributed by atoms with van der Waals surface area (Å²) < 4.78 is 158. The molecule has 0 amide bonds. The Labute approximate surface area is 178 Å². The number of esters is 1. The smallest absolute Gasteiger partial charge is 0.429 e. The van der Waals surface area contributed by atoms with Crippen LogP contribution in [0, 0.1) is 0 Å². The lowest BCUT2D eigenvalue weighted by atomic mass is 10.2. The molecule has 0 saturated carbocycles. The maximum atomic E-state index is 14.3. The number of alkyl halides is 6. The summed E-state index contributed by atoms with van der Waals surface area (Å²) in [4.78, 5) is 12.9. The maximum Gasteiger partial charge on any atom is 0.429 e. The van der Waals surface area contributed by atoms with Crippen LogP contribution in [0.25, 0.3) is 0 Å². The van der Waals surface area contributed by atoms with Gasteiger partial charge in [0.25, 0.3) is 20.0 Å². The molecule has 1 unspecified atom stereocenters. The second-order valence-electron chi connectivity index (χ2n) is 6.88. The molecule has 2 aliphatic rings. The fourth-order valence-corrected chi connectivity index (χ4v) is 6.95. The Morgan fingerprint density at radius 2 is 1.41 bits per heavy atom. The summed E-state index contributed by atoms with van der Waals surface area (Å²) in [6.45, 7) is -2.58. The van der Waals surface area contributed by atoms with Crippen LogP contribution in [0.3, 0.4) is 0 Å². The molecule has 0 aromatic rings. The molecule has 20 heteroatoms. The molecule has 188 valence electrons. The van der Waals surface area contributed by atoms with E-state index in [1.165, 1.54) is 4.90 Å². The Morgan fingerprint density at radius 1 is 0.906 bits per heavy atom. The van der Waals surface area contributed by atoms with Crippen LogP contribution in [0.2, 0.25) is 0 Å². The van der Waals surface area contributed by atoms with E-state index in [-0.39, 0.29) is 27.7 Å². The van der Waals surface area contributed by atoms with E-state index >= 15 is 0 Å². The maximum absolute atomic E-state index is 14.3. The average Bonchev–Trinajstić information content (AvgIpc) is 3.05. The van der Waals surface area contributed by atoms with Gasteiger partial charge in [-0.2, -0.15) is 30.6 Å². The summed E-state index contributed by atoms with van der Waals surface area (Å²) in [5.41, 5.74) is 0. The molecule has 0 radical (unpaired) electrons. The summed E-state index contributed by atoms with van der Waals surface area (Å²) in [5.74, 6) is -7.75. The first kappa shape index (κ1) is 27.0. The molecule has 0 spiro atoms. The van der Waals surface area contributed by atoms with Crippen molar-refractivity contribution >= 4 is 36.0 Å². The molecule has 0 aliphatic carbocycles. The van der Waals surface area contributed by atoms with Gasteiger partial charge in [-0.15, -0.1) is 4.13 Å². The van der Waals surface area contributed by atoms with Gasteiger partial charge in [0.15, 0.2) is 0 Å². The van der Waals surface area contributed by atoms with Gasteiger partial charge in [-0.25, -0.2) is 25.3 Å². The van der Waals surface area contributed by atoms with Crippen molar-refractivity contribution in [3.63, 3.8) is 0 Å². The number of sulfonamides is 3. The molecular formula is C12H17F6N3O8S3. The van der Waals surface area contributed by atoms with Crippen molar-refractivity contribution in [2.24, 2.45) is 0 Å². The van der Waals surface area contributed by atoms with Crippen LogP contribution in [0.5, 0.6) is 0 Å². The normalized spacial score (nSPS) is 23.3. The highest BCUT2D eigenvalue weighted by atomic mass is 32.3. The van der Waals surface area contributed by atoms with Gasteiger partial charge >= 0.3 is 22.4 Å². The van der Waals surface area contributed by atoms with Gasteiger partial charge in [-0.1, -0.05) is 0 Å². The number of carbonyl (C=O) groups is 1. The minimum Gasteiger partial charge on any atom is -0.464 e. The van der Waals surface area contributed by atoms with Crippen molar-refractivity contribution in [3.05, 3.63) is 0 Å². The number of halogens is 6. The van der Waals surface area contributed by atoms with Crippen LogP contribution in [-0.2, 0) is 39.6 Å². The number of rotatable bonds is 8. The summed E-state index contributed by atoms with van der Waals surface area (Å²) in [7, 11) is -18.7. The van der Waals surface area contributed by atoms with Crippen LogP contribution in [0.4, 0.5) is 26.3 Å². The SMILES string of the molecule is CS(=O)(=O)NS(=O)(=O)C(F)(F)C(F)(F)C(F)(F)S(=O)(=O)N1CCN(C2CCOC2=O)CC1. The second kappa shape index (κ2) is 8.22. The molecule has 0 aromatic heterocycles. The number of nitrogens with zero attached hydrogens (tertiary/aromatic N) is 2. The number of carbonyl (C=O) groups excluding carboxylic acids is 1. The molecule has 2 saturated heterocycles. The van der Waals surface area contributed by atoms with Crippen LogP contribution >= 0.6 is 0 Å². The molecule has 11 nitrogen and oxygen atoms in total. The van der Waals surface area contributed by atoms with Crippen LogP contribution in [0.15, 0.2) is 0 Å². The Balaban J connectivity index is 2.31. The molecular weight excluding hydrogens is 524 g/mol. The Hall–Kier alpha value is -1.22. The highest BCUT2D eigenvalue weighted by Gasteiger charge is 2.82. The predicted octanol–water partition coefficient (Wildman–Crippen LogP) is -1.05. The van der Waals surface area contributed by atoms with Crippen LogP contribution < -0.4 is 4.13 Å². The first-order valence-electron chi connectivity index (χ1n) is 8.46. The van der Waals surface area contributed by atoms with Gasteiger partial charge in [0.2, 0.25) is 10.0 Å². The highest BCUT2D eigenvalue weighted by Crippen LogP contribution is 2.51. The number of nitrogens with one attached hydrogen (secondary N) is 1. The molecule has 2 aliphatic heterocycles. The third-order valence-corrected chi connectivity index (χ3v) is 9.58. The second-order valence-corrected chi connectivity index (χ2v) is 12.6. The van der Waals surface area contributed by atoms with E-state index in [1.54, 1.807) is 0 Å². The van der Waals surface area contributed by atoms with E-state index in [1.807, 2.05) is 0 Å². The van der Waals surface area contributed by atoms with E-state index in [2.05, 4.69) is 0 Å². The predicted molar refractivity (Wildman–Crippen MR) is 93.2 cm³/mol.